The van der Waals surface area contributed by atoms with Crippen molar-refractivity contribution in [3.63, 3.8) is 0 Å². The molecule has 0 saturated carbocycles. The zero-order chi connectivity index (χ0) is 23.7. The van der Waals surface area contributed by atoms with Crippen LogP contribution in [-0.4, -0.2) is 54.1 Å². The smallest absolute Gasteiger partial charge is 0.330 e. The van der Waals surface area contributed by atoms with E-state index < -0.39 is 23.9 Å². The third kappa shape index (κ3) is 6.07. The molecule has 1 unspecified atom stereocenters. The fourth-order valence-electron chi connectivity index (χ4n) is 3.10. The van der Waals surface area contributed by atoms with E-state index in [-0.39, 0.29) is 31.9 Å². The summed E-state index contributed by atoms with van der Waals surface area (Å²) in [7, 11) is 0. The molecule has 8 nitrogen and oxygen atoms in total. The van der Waals surface area contributed by atoms with Crippen LogP contribution in [0.4, 0.5) is 5.69 Å². The van der Waals surface area contributed by atoms with Gasteiger partial charge in [-0.15, -0.1) is 6.58 Å². The number of carbonyl (C=O) groups excluding carboxylic acids is 3. The highest BCUT2D eigenvalue weighted by Crippen LogP contribution is 2.32. The summed E-state index contributed by atoms with van der Waals surface area (Å²) in [5.41, 5.74) is 0.793. The highest BCUT2D eigenvalue weighted by molar-refractivity contribution is 6.53. The van der Waals surface area contributed by atoms with Crippen molar-refractivity contribution in [3.8, 4) is 0 Å². The Balaban J connectivity index is 2.49. The van der Waals surface area contributed by atoms with Gasteiger partial charge in [0.1, 0.15) is 0 Å². The van der Waals surface area contributed by atoms with Crippen molar-refractivity contribution >= 4 is 40.8 Å². The summed E-state index contributed by atoms with van der Waals surface area (Å²) in [5.74, 6) is -1.70. The van der Waals surface area contributed by atoms with Gasteiger partial charge >= 0.3 is 17.8 Å². The maximum atomic E-state index is 13.4. The molecule has 1 atom stereocenters. The molecule has 1 amide bonds. The highest BCUT2D eigenvalue weighted by atomic mass is 35.5. The van der Waals surface area contributed by atoms with Gasteiger partial charge in [-0.05, 0) is 38.1 Å². The van der Waals surface area contributed by atoms with Crippen molar-refractivity contribution in [2.45, 2.75) is 26.3 Å². The Morgan fingerprint density at radius 3 is 2.50 bits per heavy atom. The van der Waals surface area contributed by atoms with E-state index in [0.717, 1.165) is 6.08 Å². The van der Waals surface area contributed by atoms with Gasteiger partial charge in [-0.1, -0.05) is 23.8 Å². The van der Waals surface area contributed by atoms with Crippen LogP contribution >= 0.6 is 11.6 Å². The van der Waals surface area contributed by atoms with E-state index >= 15 is 0 Å². The second kappa shape index (κ2) is 11.9. The Morgan fingerprint density at radius 2 is 1.88 bits per heavy atom. The number of nitrogens with zero attached hydrogens (tertiary/aromatic N) is 2. The minimum Gasteiger partial charge on any atom is -0.623 e. The van der Waals surface area contributed by atoms with Crippen LogP contribution in [0.2, 0.25) is 5.02 Å². The molecule has 0 spiro atoms. The number of hydroxylamine groups is 1. The molecule has 0 bridgehead atoms. The second-order valence-electron chi connectivity index (χ2n) is 6.61. The number of esters is 2. The van der Waals surface area contributed by atoms with Gasteiger partial charge < -0.3 is 14.7 Å². The molecule has 170 valence electrons. The molecule has 0 saturated heterocycles. The Kier molecular flexibility index (Phi) is 9.22. The standard InChI is InChI=1S/C23H25ClN2O6/c1-4-14-25-19-12-10-16(24)15-18(19)22(23(25)29)26(30)17(11-13-21(28)32-6-3)8-7-9-20(27)31-5-2/h4,7,9-13,15,17H,1,5-6,8,14H2,2-3H3/b9-7+,13-11+,26-22+. The number of ether oxygens (including phenoxy) is 2. The van der Waals surface area contributed by atoms with Crippen LogP contribution in [0.3, 0.4) is 0 Å². The van der Waals surface area contributed by atoms with Crippen LogP contribution in [0.1, 0.15) is 25.8 Å². The number of amides is 1. The van der Waals surface area contributed by atoms with E-state index in [0.29, 0.717) is 21.0 Å². The SMILES string of the molecule is C=CCN1C(=O)/C(=[N+](/[O-])C(/C=C/C(=O)OCC)C/C=C/C(=O)OCC)c2cc(Cl)ccc21. The topological polar surface area (TPSA) is 99.0 Å². The van der Waals surface area contributed by atoms with Gasteiger partial charge in [-0.2, -0.15) is 4.74 Å². The number of carbonyl (C=O) groups is 3. The molecule has 1 aliphatic heterocycles. The first kappa shape index (κ1) is 24.9. The van der Waals surface area contributed by atoms with Crippen LogP contribution in [0, 0.1) is 5.21 Å². The van der Waals surface area contributed by atoms with Crippen LogP contribution in [0.15, 0.2) is 55.2 Å². The summed E-state index contributed by atoms with van der Waals surface area (Å²) in [5, 5.41) is 13.7. The van der Waals surface area contributed by atoms with Gasteiger partial charge in [0.05, 0.1) is 24.5 Å². The molecule has 1 aliphatic rings. The zero-order valence-corrected chi connectivity index (χ0v) is 18.7. The predicted molar refractivity (Wildman–Crippen MR) is 122 cm³/mol. The molecule has 32 heavy (non-hydrogen) atoms. The highest BCUT2D eigenvalue weighted by Gasteiger charge is 2.40. The fourth-order valence-corrected chi connectivity index (χ4v) is 3.27. The van der Waals surface area contributed by atoms with Gasteiger partial charge in [0, 0.05) is 30.1 Å². The summed E-state index contributed by atoms with van der Waals surface area (Å²) in [4.78, 5) is 37.8. The molecular weight excluding hydrogens is 436 g/mol. The van der Waals surface area contributed by atoms with Crippen molar-refractivity contribution in [2.24, 2.45) is 0 Å². The maximum absolute atomic E-state index is 13.4. The molecule has 0 radical (unpaired) electrons. The predicted octanol–water partition coefficient (Wildman–Crippen LogP) is 3.17. The number of fused-ring (bicyclic) bond motifs is 1. The third-order valence-electron chi connectivity index (χ3n) is 4.44. The largest absolute Gasteiger partial charge is 0.623 e. The lowest BCUT2D eigenvalue weighted by Gasteiger charge is -2.15. The van der Waals surface area contributed by atoms with Crippen LogP contribution in [0.25, 0.3) is 0 Å². The van der Waals surface area contributed by atoms with Gasteiger partial charge in [0.2, 0.25) is 0 Å². The summed E-state index contributed by atoms with van der Waals surface area (Å²) < 4.78 is 10.2. The average Bonchev–Trinajstić information content (AvgIpc) is 3.01. The number of halogens is 1. The van der Waals surface area contributed by atoms with Crippen LogP contribution in [-0.2, 0) is 23.9 Å². The minimum absolute atomic E-state index is 0.0341. The Hall–Kier alpha value is -3.39. The first-order chi connectivity index (χ1) is 15.3. The van der Waals surface area contributed by atoms with Gasteiger partial charge in [-0.3, -0.25) is 9.69 Å². The molecule has 2 rings (SSSR count). The molecule has 1 heterocycles. The third-order valence-corrected chi connectivity index (χ3v) is 4.68. The van der Waals surface area contributed by atoms with E-state index in [2.05, 4.69) is 6.58 Å². The van der Waals surface area contributed by atoms with Gasteiger partial charge in [0.15, 0.2) is 6.04 Å². The summed E-state index contributed by atoms with van der Waals surface area (Å²) >= 11 is 6.11. The van der Waals surface area contributed by atoms with E-state index in [1.54, 1.807) is 38.1 Å². The number of hydrogen-bond acceptors (Lipinski definition) is 6. The van der Waals surface area contributed by atoms with Gasteiger partial charge in [-0.25, -0.2) is 9.59 Å². The van der Waals surface area contributed by atoms with Crippen molar-refractivity contribution in [2.75, 3.05) is 24.7 Å². The number of rotatable bonds is 10. The van der Waals surface area contributed by atoms with E-state index in [9.17, 15) is 19.6 Å². The molecule has 1 aromatic carbocycles. The van der Waals surface area contributed by atoms with Crippen molar-refractivity contribution < 1.29 is 28.6 Å². The zero-order valence-electron chi connectivity index (χ0n) is 18.0. The quantitative estimate of drug-likeness (QED) is 0.133. The summed E-state index contributed by atoms with van der Waals surface area (Å²) in [6.07, 6.45) is 6.68. The molecule has 0 aromatic heterocycles. The number of benzene rings is 1. The van der Waals surface area contributed by atoms with E-state index in [4.69, 9.17) is 21.1 Å². The monoisotopic (exact) mass is 460 g/mol. The summed E-state index contributed by atoms with van der Waals surface area (Å²) in [6, 6.07) is 3.85. The van der Waals surface area contributed by atoms with Crippen LogP contribution in [0.5, 0.6) is 0 Å². The molecule has 0 aliphatic carbocycles. The van der Waals surface area contributed by atoms with Crippen molar-refractivity contribution in [1.29, 1.82) is 0 Å². The molecule has 0 N–H and O–H groups in total. The Labute approximate surface area is 191 Å². The first-order valence-corrected chi connectivity index (χ1v) is 10.5. The second-order valence-corrected chi connectivity index (χ2v) is 7.05. The van der Waals surface area contributed by atoms with Gasteiger partial charge in [0.25, 0.3) is 5.71 Å². The number of hydrogen-bond donors (Lipinski definition) is 0. The van der Waals surface area contributed by atoms with Crippen LogP contribution < -0.4 is 4.90 Å². The lowest BCUT2D eigenvalue weighted by molar-refractivity contribution is -0.485. The molecule has 0 fully saturated rings. The maximum Gasteiger partial charge on any atom is 0.330 e. The Bertz CT molecular complexity index is 983. The first-order valence-electron chi connectivity index (χ1n) is 10.1. The fraction of sp³-hybridized carbons (Fsp3) is 0.304. The van der Waals surface area contributed by atoms with Crippen molar-refractivity contribution in [3.05, 3.63) is 71.0 Å². The lowest BCUT2D eigenvalue weighted by atomic mass is 10.1. The summed E-state index contributed by atoms with van der Waals surface area (Å²) in [6.45, 7) is 7.59. The van der Waals surface area contributed by atoms with E-state index in [1.165, 1.54) is 23.1 Å². The average molecular weight is 461 g/mol. The molecular formula is C23H25ClN2O6. The Morgan fingerprint density at radius 1 is 1.22 bits per heavy atom. The molecule has 1 aromatic rings. The minimum atomic E-state index is -0.973. The number of anilines is 1. The lowest BCUT2D eigenvalue weighted by Crippen LogP contribution is -2.36. The van der Waals surface area contributed by atoms with Crippen molar-refractivity contribution in [1.82, 2.24) is 0 Å². The van der Waals surface area contributed by atoms with E-state index in [1.807, 2.05) is 0 Å². The normalized spacial score (nSPS) is 15.7. The molecule has 9 heteroatoms.